The van der Waals surface area contributed by atoms with Crippen molar-refractivity contribution in [2.24, 2.45) is 0 Å². The van der Waals surface area contributed by atoms with Gasteiger partial charge in [0.2, 0.25) is 0 Å². The van der Waals surface area contributed by atoms with Gasteiger partial charge in [-0.3, -0.25) is 10.1 Å². The third-order valence-electron chi connectivity index (χ3n) is 2.73. The number of nitrogens with one attached hydrogen (secondary N) is 1. The van der Waals surface area contributed by atoms with Crippen LogP contribution >= 0.6 is 0 Å². The largest absolute Gasteiger partial charge is 0.354 e. The van der Waals surface area contributed by atoms with E-state index < -0.39 is 0 Å². The molecule has 0 unspecified atom stereocenters. The van der Waals surface area contributed by atoms with Gasteiger partial charge in [-0.2, -0.15) is 5.10 Å². The van der Waals surface area contributed by atoms with E-state index in [1.807, 2.05) is 6.92 Å². The quantitative estimate of drug-likeness (QED) is 0.791. The number of aromatic nitrogens is 5. The first-order chi connectivity index (χ1) is 7.83. The fourth-order valence-corrected chi connectivity index (χ4v) is 1.83. The molecule has 0 radical (unpaired) electrons. The molecule has 6 heteroatoms. The third kappa shape index (κ3) is 1.52. The van der Waals surface area contributed by atoms with Crippen molar-refractivity contribution < 1.29 is 0 Å². The molecule has 1 N–H and O–H groups in total. The molecule has 0 bridgehead atoms. The highest BCUT2D eigenvalue weighted by atomic mass is 15.3. The topological polar surface area (TPSA) is 70.6 Å². The van der Waals surface area contributed by atoms with Crippen molar-refractivity contribution in [3.63, 3.8) is 0 Å². The van der Waals surface area contributed by atoms with Crippen LogP contribution in [0.2, 0.25) is 0 Å². The Labute approximate surface area is 92.8 Å². The van der Waals surface area contributed by atoms with Crippen LogP contribution in [0.25, 0.3) is 0 Å². The van der Waals surface area contributed by atoms with Gasteiger partial charge in [0.25, 0.3) is 0 Å². The zero-order valence-electron chi connectivity index (χ0n) is 8.96. The van der Waals surface area contributed by atoms with Crippen molar-refractivity contribution >= 4 is 5.82 Å². The molecule has 1 saturated heterocycles. The first-order valence-corrected chi connectivity index (χ1v) is 5.23. The molecule has 3 rings (SSSR count). The van der Waals surface area contributed by atoms with E-state index in [-0.39, 0.29) is 0 Å². The van der Waals surface area contributed by atoms with Gasteiger partial charge in [0.1, 0.15) is 11.6 Å². The number of hydrogen-bond donors (Lipinski definition) is 1. The van der Waals surface area contributed by atoms with Crippen LogP contribution in [0.3, 0.4) is 0 Å². The van der Waals surface area contributed by atoms with Crippen LogP contribution in [0.5, 0.6) is 0 Å². The molecular weight excluding hydrogens is 204 g/mol. The monoisotopic (exact) mass is 216 g/mol. The maximum atomic E-state index is 4.33. The highest BCUT2D eigenvalue weighted by Crippen LogP contribution is 2.27. The Balaban J connectivity index is 1.67. The minimum Gasteiger partial charge on any atom is -0.354 e. The molecule has 0 atom stereocenters. The Bertz CT molecular complexity index is 473. The van der Waals surface area contributed by atoms with E-state index in [0.29, 0.717) is 5.92 Å². The number of rotatable bonds is 2. The van der Waals surface area contributed by atoms with Crippen LogP contribution in [0.1, 0.15) is 17.6 Å². The Kier molecular flexibility index (Phi) is 2.05. The summed E-state index contributed by atoms with van der Waals surface area (Å²) < 4.78 is 0. The second-order valence-electron chi connectivity index (χ2n) is 3.94. The minimum atomic E-state index is 0.409. The molecule has 0 aliphatic carbocycles. The van der Waals surface area contributed by atoms with Gasteiger partial charge < -0.3 is 4.90 Å². The van der Waals surface area contributed by atoms with E-state index in [9.17, 15) is 0 Å². The van der Waals surface area contributed by atoms with Crippen LogP contribution < -0.4 is 4.90 Å². The summed E-state index contributed by atoms with van der Waals surface area (Å²) >= 11 is 0. The van der Waals surface area contributed by atoms with Gasteiger partial charge >= 0.3 is 0 Å². The molecule has 6 nitrogen and oxygen atoms in total. The van der Waals surface area contributed by atoms with Gasteiger partial charge in [-0.15, -0.1) is 0 Å². The van der Waals surface area contributed by atoms with Gasteiger partial charge in [0, 0.05) is 25.5 Å². The average molecular weight is 216 g/mol. The fourth-order valence-electron chi connectivity index (χ4n) is 1.83. The van der Waals surface area contributed by atoms with Gasteiger partial charge in [0.05, 0.1) is 12.1 Å². The normalized spacial score (nSPS) is 16.2. The molecule has 2 aromatic heterocycles. The molecule has 1 aliphatic heterocycles. The van der Waals surface area contributed by atoms with E-state index in [1.165, 1.54) is 0 Å². The van der Waals surface area contributed by atoms with E-state index in [1.54, 1.807) is 18.6 Å². The van der Waals surface area contributed by atoms with E-state index >= 15 is 0 Å². The van der Waals surface area contributed by atoms with Crippen LogP contribution in [-0.2, 0) is 0 Å². The fraction of sp³-hybridized carbons (Fsp3) is 0.400. The smallest absolute Gasteiger partial charge is 0.157 e. The number of anilines is 1. The van der Waals surface area contributed by atoms with E-state index in [4.69, 9.17) is 0 Å². The van der Waals surface area contributed by atoms with Crippen molar-refractivity contribution in [3.8, 4) is 0 Å². The molecule has 0 spiro atoms. The molecule has 3 heterocycles. The lowest BCUT2D eigenvalue weighted by molar-refractivity contribution is 0.497. The van der Waals surface area contributed by atoms with Crippen molar-refractivity contribution in [1.29, 1.82) is 0 Å². The second-order valence-corrected chi connectivity index (χ2v) is 3.94. The Morgan fingerprint density at radius 2 is 2.25 bits per heavy atom. The predicted molar refractivity (Wildman–Crippen MR) is 58.1 cm³/mol. The zero-order valence-corrected chi connectivity index (χ0v) is 8.96. The highest BCUT2D eigenvalue weighted by molar-refractivity contribution is 5.41. The SMILES string of the molecule is Cc1nc(C2CN(c3cnccn3)C2)n[nH]1. The number of nitrogens with zero attached hydrogens (tertiary/aromatic N) is 5. The summed E-state index contributed by atoms with van der Waals surface area (Å²) in [6.07, 6.45) is 5.17. The van der Waals surface area contributed by atoms with Crippen molar-refractivity contribution in [3.05, 3.63) is 30.2 Å². The number of hydrogen-bond acceptors (Lipinski definition) is 5. The molecule has 82 valence electrons. The summed E-state index contributed by atoms with van der Waals surface area (Å²) in [6.45, 7) is 3.74. The maximum absolute atomic E-state index is 4.33. The summed E-state index contributed by atoms with van der Waals surface area (Å²) in [7, 11) is 0. The lowest BCUT2D eigenvalue weighted by Crippen LogP contribution is -2.46. The molecule has 1 fully saturated rings. The molecular formula is C10H12N6. The first-order valence-electron chi connectivity index (χ1n) is 5.23. The van der Waals surface area contributed by atoms with Crippen LogP contribution in [0, 0.1) is 6.92 Å². The molecule has 16 heavy (non-hydrogen) atoms. The standard InChI is InChI=1S/C10H12N6/c1-7-13-10(15-14-7)8-5-16(6-8)9-4-11-2-3-12-9/h2-4,8H,5-6H2,1H3,(H,13,14,15). The summed E-state index contributed by atoms with van der Waals surface area (Å²) in [5.41, 5.74) is 0. The Morgan fingerprint density at radius 1 is 1.38 bits per heavy atom. The minimum absolute atomic E-state index is 0.409. The van der Waals surface area contributed by atoms with Crippen LogP contribution in [-0.4, -0.2) is 38.2 Å². The maximum Gasteiger partial charge on any atom is 0.157 e. The lowest BCUT2D eigenvalue weighted by Gasteiger charge is -2.38. The van der Waals surface area contributed by atoms with Crippen molar-refractivity contribution in [2.75, 3.05) is 18.0 Å². The van der Waals surface area contributed by atoms with Gasteiger partial charge in [-0.25, -0.2) is 9.97 Å². The summed E-state index contributed by atoms with van der Waals surface area (Å²) in [5, 5.41) is 7.03. The molecule has 0 aromatic carbocycles. The molecule has 0 amide bonds. The van der Waals surface area contributed by atoms with E-state index in [0.717, 1.165) is 30.6 Å². The van der Waals surface area contributed by atoms with Crippen molar-refractivity contribution in [1.82, 2.24) is 25.1 Å². The summed E-state index contributed by atoms with van der Waals surface area (Å²) in [6, 6.07) is 0. The molecule has 1 aliphatic rings. The van der Waals surface area contributed by atoms with Crippen LogP contribution in [0.15, 0.2) is 18.6 Å². The number of H-pyrrole nitrogens is 1. The van der Waals surface area contributed by atoms with Crippen LogP contribution in [0.4, 0.5) is 5.82 Å². The Morgan fingerprint density at radius 3 is 2.88 bits per heavy atom. The van der Waals surface area contributed by atoms with Gasteiger partial charge in [-0.05, 0) is 6.92 Å². The molecule has 2 aromatic rings. The van der Waals surface area contributed by atoms with E-state index in [2.05, 4.69) is 30.0 Å². The summed E-state index contributed by atoms with van der Waals surface area (Å²) in [5.74, 6) is 3.10. The number of aromatic amines is 1. The van der Waals surface area contributed by atoms with Crippen molar-refractivity contribution in [2.45, 2.75) is 12.8 Å². The second kappa shape index (κ2) is 3.55. The Hall–Kier alpha value is -1.98. The lowest BCUT2D eigenvalue weighted by atomic mass is 10.00. The summed E-state index contributed by atoms with van der Waals surface area (Å²) in [4.78, 5) is 14.8. The predicted octanol–water partition coefficient (Wildman–Crippen LogP) is 0.507. The third-order valence-corrected chi connectivity index (χ3v) is 2.73. The highest BCUT2D eigenvalue weighted by Gasteiger charge is 2.31. The van der Waals surface area contributed by atoms with Gasteiger partial charge in [-0.1, -0.05) is 0 Å². The first kappa shape index (κ1) is 9.26. The average Bonchev–Trinajstić information content (AvgIpc) is 2.64. The number of aryl methyl sites for hydroxylation is 1. The zero-order chi connectivity index (χ0) is 11.0. The van der Waals surface area contributed by atoms with Gasteiger partial charge in [0.15, 0.2) is 5.82 Å². The molecule has 0 saturated carbocycles.